The molecule has 1 aliphatic rings. The molecule has 1 aliphatic carbocycles. The molecular weight excluding hydrogens is 382 g/mol. The Bertz CT molecular complexity index is 1330. The fourth-order valence-electron chi connectivity index (χ4n) is 3.36. The first-order valence-corrected chi connectivity index (χ1v) is 10.3. The maximum atomic E-state index is 13.0. The summed E-state index contributed by atoms with van der Waals surface area (Å²) in [5, 5.41) is 9.45. The Kier molecular flexibility index (Phi) is 4.64. The number of nitrogens with zero attached hydrogens (tertiary/aromatic N) is 2. The largest absolute Gasteiger partial charge is 0.279 e. The van der Waals surface area contributed by atoms with Gasteiger partial charge in [-0.05, 0) is 52.9 Å². The van der Waals surface area contributed by atoms with Crippen molar-refractivity contribution >= 4 is 27.0 Å². The molecular formula is C23H15N3O2S. The lowest BCUT2D eigenvalue weighted by Gasteiger charge is -2.15. The van der Waals surface area contributed by atoms with Crippen LogP contribution in [0.25, 0.3) is 21.5 Å². The monoisotopic (exact) mass is 397 g/mol. The van der Waals surface area contributed by atoms with E-state index in [1.54, 1.807) is 24.3 Å². The summed E-state index contributed by atoms with van der Waals surface area (Å²) in [7, 11) is -3.89. The predicted molar refractivity (Wildman–Crippen MR) is 113 cm³/mol. The summed E-state index contributed by atoms with van der Waals surface area (Å²) < 4.78 is 28.6. The number of rotatable bonds is 4. The molecule has 140 valence electrons. The highest BCUT2D eigenvalue weighted by atomic mass is 32.2. The van der Waals surface area contributed by atoms with Crippen molar-refractivity contribution in [1.29, 1.82) is 5.26 Å². The minimum atomic E-state index is -3.89. The molecule has 0 spiro atoms. The van der Waals surface area contributed by atoms with Crippen molar-refractivity contribution in [2.45, 2.75) is 11.3 Å². The van der Waals surface area contributed by atoms with Gasteiger partial charge in [0, 0.05) is 0 Å². The van der Waals surface area contributed by atoms with Gasteiger partial charge in [-0.1, -0.05) is 48.5 Å². The van der Waals surface area contributed by atoms with Crippen molar-refractivity contribution in [3.05, 3.63) is 95.4 Å². The molecule has 3 aromatic rings. The number of hydrogen-bond acceptors (Lipinski definition) is 3. The molecule has 0 aromatic heterocycles. The molecule has 1 N–H and O–H groups in total. The lowest BCUT2D eigenvalue weighted by molar-refractivity contribution is 0.601. The molecule has 0 radical (unpaired) electrons. The van der Waals surface area contributed by atoms with Gasteiger partial charge in [0.05, 0.1) is 28.8 Å². The summed E-state index contributed by atoms with van der Waals surface area (Å²) in [4.78, 5) is 3.32. The number of nitrogens with one attached hydrogen (secondary N) is 1. The fraction of sp³-hybridized carbons (Fsp3) is 0.0435. The molecule has 0 fully saturated rings. The van der Waals surface area contributed by atoms with E-state index in [-0.39, 0.29) is 10.6 Å². The second-order valence-electron chi connectivity index (χ2n) is 6.56. The quantitative estimate of drug-likeness (QED) is 0.617. The van der Waals surface area contributed by atoms with Gasteiger partial charge in [0.2, 0.25) is 0 Å². The summed E-state index contributed by atoms with van der Waals surface area (Å²) in [6.07, 6.45) is 2.28. The summed E-state index contributed by atoms with van der Waals surface area (Å²) in [6, 6.07) is 21.4. The molecule has 0 bridgehead atoms. The number of anilines is 1. The van der Waals surface area contributed by atoms with Gasteiger partial charge in [0.15, 0.2) is 5.69 Å². The van der Waals surface area contributed by atoms with E-state index in [4.69, 9.17) is 6.57 Å². The van der Waals surface area contributed by atoms with E-state index in [2.05, 4.69) is 15.6 Å². The number of hydrogen-bond donors (Lipinski definition) is 1. The maximum Gasteiger partial charge on any atom is 0.260 e. The van der Waals surface area contributed by atoms with Crippen molar-refractivity contribution < 1.29 is 8.42 Å². The highest BCUT2D eigenvalue weighted by molar-refractivity contribution is 7.92. The summed E-state index contributed by atoms with van der Waals surface area (Å²) in [5.74, 6) is 0. The third-order valence-electron chi connectivity index (χ3n) is 4.78. The second kappa shape index (κ2) is 7.27. The van der Waals surface area contributed by atoms with E-state index in [9.17, 15) is 13.7 Å². The zero-order valence-electron chi connectivity index (χ0n) is 15.3. The Morgan fingerprint density at radius 1 is 1.00 bits per heavy atom. The van der Waals surface area contributed by atoms with Crippen LogP contribution in [0.1, 0.15) is 11.1 Å². The van der Waals surface area contributed by atoms with Crippen LogP contribution < -0.4 is 4.72 Å². The number of benzene rings is 3. The number of nitriles is 1. The average molecular weight is 397 g/mol. The molecule has 0 unspecified atom stereocenters. The van der Waals surface area contributed by atoms with Crippen molar-refractivity contribution in [2.75, 3.05) is 4.72 Å². The first kappa shape index (κ1) is 18.5. The van der Waals surface area contributed by atoms with E-state index in [0.29, 0.717) is 17.7 Å². The topological polar surface area (TPSA) is 74.3 Å². The Morgan fingerprint density at radius 2 is 1.79 bits per heavy atom. The fourth-order valence-corrected chi connectivity index (χ4v) is 4.49. The highest BCUT2D eigenvalue weighted by Gasteiger charge is 2.23. The normalized spacial score (nSPS) is 12.4. The van der Waals surface area contributed by atoms with Crippen LogP contribution in [0.4, 0.5) is 11.4 Å². The van der Waals surface area contributed by atoms with E-state index >= 15 is 0 Å². The maximum absolute atomic E-state index is 13.0. The van der Waals surface area contributed by atoms with Gasteiger partial charge in [-0.25, -0.2) is 13.3 Å². The van der Waals surface area contributed by atoms with Gasteiger partial charge in [-0.3, -0.25) is 4.72 Å². The number of fused-ring (bicyclic) bond motifs is 1. The molecule has 6 heteroatoms. The van der Waals surface area contributed by atoms with Gasteiger partial charge in [0.25, 0.3) is 10.0 Å². The summed E-state index contributed by atoms with van der Waals surface area (Å²) in [6.45, 7) is 7.11. The summed E-state index contributed by atoms with van der Waals surface area (Å²) in [5.41, 5.74) is 4.48. The summed E-state index contributed by atoms with van der Waals surface area (Å²) >= 11 is 0. The van der Waals surface area contributed by atoms with Crippen molar-refractivity contribution in [2.24, 2.45) is 0 Å². The SMILES string of the molecule is [C-]#[N+]c1cccc(S(=O)(=O)Nc2cc(-c3ccccc3)cc3c2CC=C3C#N)c1. The molecule has 0 aliphatic heterocycles. The van der Waals surface area contributed by atoms with Gasteiger partial charge < -0.3 is 0 Å². The molecule has 0 amide bonds. The van der Waals surface area contributed by atoms with E-state index < -0.39 is 10.0 Å². The van der Waals surface area contributed by atoms with E-state index in [1.165, 1.54) is 12.1 Å². The first-order chi connectivity index (χ1) is 14.0. The highest BCUT2D eigenvalue weighted by Crippen LogP contribution is 2.38. The van der Waals surface area contributed by atoms with Crippen molar-refractivity contribution in [3.63, 3.8) is 0 Å². The zero-order valence-corrected chi connectivity index (χ0v) is 16.1. The average Bonchev–Trinajstić information content (AvgIpc) is 3.17. The van der Waals surface area contributed by atoms with E-state index in [1.807, 2.05) is 36.4 Å². The van der Waals surface area contributed by atoms with Crippen LogP contribution in [0.2, 0.25) is 0 Å². The number of allylic oxidation sites excluding steroid dienone is 2. The molecule has 5 nitrogen and oxygen atoms in total. The van der Waals surface area contributed by atoms with Crippen molar-refractivity contribution in [1.82, 2.24) is 0 Å². The number of sulfonamides is 1. The lowest BCUT2D eigenvalue weighted by Crippen LogP contribution is -2.14. The van der Waals surface area contributed by atoms with Crippen LogP contribution in [0, 0.1) is 17.9 Å². The Morgan fingerprint density at radius 3 is 2.52 bits per heavy atom. The smallest absolute Gasteiger partial charge is 0.260 e. The van der Waals surface area contributed by atoms with Crippen LogP contribution >= 0.6 is 0 Å². The van der Waals surface area contributed by atoms with Crippen LogP contribution in [-0.4, -0.2) is 8.42 Å². The molecule has 3 aromatic carbocycles. The van der Waals surface area contributed by atoms with Crippen LogP contribution in [0.3, 0.4) is 0 Å². The zero-order chi connectivity index (χ0) is 20.4. The van der Waals surface area contributed by atoms with Gasteiger partial charge in [-0.2, -0.15) is 5.26 Å². The third-order valence-corrected chi connectivity index (χ3v) is 6.14. The molecule has 0 saturated carbocycles. The van der Waals surface area contributed by atoms with Crippen LogP contribution in [-0.2, 0) is 16.4 Å². The Hall–Kier alpha value is -3.87. The molecule has 4 rings (SSSR count). The van der Waals surface area contributed by atoms with E-state index in [0.717, 1.165) is 22.3 Å². The van der Waals surface area contributed by atoms with Crippen molar-refractivity contribution in [3.8, 4) is 17.2 Å². The van der Waals surface area contributed by atoms with Gasteiger partial charge in [-0.15, -0.1) is 0 Å². The van der Waals surface area contributed by atoms with Crippen LogP contribution in [0.5, 0.6) is 0 Å². The van der Waals surface area contributed by atoms with Gasteiger partial charge in [0.1, 0.15) is 0 Å². The molecule has 29 heavy (non-hydrogen) atoms. The standard InChI is InChI=1S/C23H15N3O2S/c1-25-19-8-5-9-20(14-19)29(27,28)26-23-13-18(16-6-3-2-4-7-16)12-22-17(15-24)10-11-21(22)23/h2-10,12-14,26H,11H2. The Balaban J connectivity index is 1.83. The molecule has 0 saturated heterocycles. The molecule has 0 atom stereocenters. The predicted octanol–water partition coefficient (Wildman–Crippen LogP) is 5.17. The molecule has 0 heterocycles. The lowest BCUT2D eigenvalue weighted by atomic mass is 9.97. The van der Waals surface area contributed by atoms with Gasteiger partial charge >= 0.3 is 0 Å². The minimum absolute atomic E-state index is 0.0244. The first-order valence-electron chi connectivity index (χ1n) is 8.85. The Labute approximate surface area is 169 Å². The van der Waals surface area contributed by atoms with Crippen LogP contribution in [0.15, 0.2) is 77.7 Å². The second-order valence-corrected chi connectivity index (χ2v) is 8.25. The third kappa shape index (κ3) is 3.50. The minimum Gasteiger partial charge on any atom is -0.279 e.